The van der Waals surface area contributed by atoms with Crippen LogP contribution in [0.1, 0.15) is 24.0 Å². The molecule has 1 heterocycles. The molecule has 0 radical (unpaired) electrons. The molecule has 1 aromatic rings. The summed E-state index contributed by atoms with van der Waals surface area (Å²) in [5, 5.41) is 12.2. The van der Waals surface area contributed by atoms with Crippen LogP contribution in [0, 0.1) is 5.92 Å². The molecule has 0 amide bonds. The first kappa shape index (κ1) is 14.8. The van der Waals surface area contributed by atoms with Gasteiger partial charge in [0.1, 0.15) is 0 Å². The van der Waals surface area contributed by atoms with Gasteiger partial charge in [-0.2, -0.15) is 13.2 Å². The number of nitrogens with one attached hydrogen (secondary N) is 1. The monoisotopic (exact) mass is 287 g/mol. The van der Waals surface area contributed by atoms with Crippen LogP contribution in [0.3, 0.4) is 0 Å². The number of aliphatic carboxylic acids is 1. The van der Waals surface area contributed by atoms with Crippen LogP contribution in [-0.2, 0) is 17.4 Å². The molecule has 2 N–H and O–H groups in total. The highest BCUT2D eigenvalue weighted by atomic mass is 19.4. The van der Waals surface area contributed by atoms with E-state index in [9.17, 15) is 18.0 Å². The maximum absolute atomic E-state index is 12.4. The maximum Gasteiger partial charge on any atom is 0.416 e. The molecule has 2 rings (SSSR count). The van der Waals surface area contributed by atoms with Gasteiger partial charge in [0.05, 0.1) is 11.5 Å². The Balaban J connectivity index is 1.98. The van der Waals surface area contributed by atoms with Crippen molar-refractivity contribution < 1.29 is 23.1 Å². The minimum Gasteiger partial charge on any atom is -0.481 e. The Labute approximate surface area is 114 Å². The number of hydrogen-bond acceptors (Lipinski definition) is 2. The third kappa shape index (κ3) is 3.72. The second kappa shape index (κ2) is 5.83. The van der Waals surface area contributed by atoms with Crippen LogP contribution in [0.15, 0.2) is 24.3 Å². The lowest BCUT2D eigenvalue weighted by atomic mass is 9.89. The highest BCUT2D eigenvalue weighted by molar-refractivity contribution is 5.70. The molecule has 1 aromatic carbocycles. The summed E-state index contributed by atoms with van der Waals surface area (Å²) >= 11 is 0. The molecule has 0 saturated carbocycles. The predicted octanol–water partition coefficient (Wildman–Crippen LogP) is 2.70. The van der Waals surface area contributed by atoms with Gasteiger partial charge in [-0.3, -0.25) is 4.79 Å². The topological polar surface area (TPSA) is 49.3 Å². The number of hydrogen-bond donors (Lipinski definition) is 2. The third-order valence-corrected chi connectivity index (χ3v) is 3.61. The van der Waals surface area contributed by atoms with Crippen molar-refractivity contribution in [2.75, 3.05) is 6.54 Å². The highest BCUT2D eigenvalue weighted by Gasteiger charge is 2.30. The summed E-state index contributed by atoms with van der Waals surface area (Å²) in [6.07, 6.45) is -2.67. The number of carbonyl (C=O) groups is 1. The van der Waals surface area contributed by atoms with Crippen LogP contribution in [-0.4, -0.2) is 23.7 Å². The first-order valence-electron chi connectivity index (χ1n) is 6.48. The molecule has 1 saturated heterocycles. The fourth-order valence-electron chi connectivity index (χ4n) is 2.50. The average Bonchev–Trinajstić information content (AvgIpc) is 2.38. The summed E-state index contributed by atoms with van der Waals surface area (Å²) in [7, 11) is 0. The Morgan fingerprint density at radius 1 is 1.30 bits per heavy atom. The van der Waals surface area contributed by atoms with Gasteiger partial charge < -0.3 is 10.4 Å². The largest absolute Gasteiger partial charge is 0.481 e. The Hall–Kier alpha value is -1.56. The fraction of sp³-hybridized carbons (Fsp3) is 0.500. The van der Waals surface area contributed by atoms with Crippen LogP contribution in [0.4, 0.5) is 13.2 Å². The Kier molecular flexibility index (Phi) is 4.32. The molecule has 0 aliphatic carbocycles. The number of rotatable bonds is 3. The zero-order valence-electron chi connectivity index (χ0n) is 10.8. The number of alkyl halides is 3. The van der Waals surface area contributed by atoms with Crippen LogP contribution in [0.2, 0.25) is 0 Å². The summed E-state index contributed by atoms with van der Waals surface area (Å²) in [5.74, 6) is -1.17. The van der Waals surface area contributed by atoms with Gasteiger partial charge in [-0.25, -0.2) is 0 Å². The van der Waals surface area contributed by atoms with E-state index in [0.717, 1.165) is 17.7 Å². The molecule has 2 atom stereocenters. The van der Waals surface area contributed by atoms with E-state index in [-0.39, 0.29) is 12.0 Å². The molecule has 110 valence electrons. The Bertz CT molecular complexity index is 470. The molecule has 1 aliphatic rings. The van der Waals surface area contributed by atoms with E-state index in [1.165, 1.54) is 12.1 Å². The lowest BCUT2D eigenvalue weighted by Gasteiger charge is -2.28. The van der Waals surface area contributed by atoms with Gasteiger partial charge in [0, 0.05) is 6.04 Å². The standard InChI is InChI=1S/C14H16F3NO2/c15-14(16,17)11-3-1-9(2-4-11)7-12-8-10(13(19)20)5-6-18-12/h1-4,10,12,18H,5-8H2,(H,19,20). The predicted molar refractivity (Wildman–Crippen MR) is 67.3 cm³/mol. The molecule has 1 aliphatic heterocycles. The fourth-order valence-corrected chi connectivity index (χ4v) is 2.50. The first-order valence-corrected chi connectivity index (χ1v) is 6.48. The van der Waals surface area contributed by atoms with Crippen molar-refractivity contribution in [2.45, 2.75) is 31.5 Å². The highest BCUT2D eigenvalue weighted by Crippen LogP contribution is 2.29. The molecule has 0 bridgehead atoms. The molecule has 0 aromatic heterocycles. The molecule has 2 unspecified atom stereocenters. The third-order valence-electron chi connectivity index (χ3n) is 3.61. The maximum atomic E-state index is 12.4. The number of benzene rings is 1. The van der Waals surface area contributed by atoms with Crippen molar-refractivity contribution in [3.63, 3.8) is 0 Å². The van der Waals surface area contributed by atoms with Crippen molar-refractivity contribution in [3.8, 4) is 0 Å². The van der Waals surface area contributed by atoms with Gasteiger partial charge in [0.15, 0.2) is 0 Å². The number of carboxylic acid groups (broad SMARTS) is 1. The van der Waals surface area contributed by atoms with Gasteiger partial charge in [0.25, 0.3) is 0 Å². The number of carboxylic acids is 1. The minimum absolute atomic E-state index is 0.00147. The quantitative estimate of drug-likeness (QED) is 0.898. The Morgan fingerprint density at radius 3 is 2.50 bits per heavy atom. The van der Waals surface area contributed by atoms with Crippen molar-refractivity contribution in [1.29, 1.82) is 0 Å². The summed E-state index contributed by atoms with van der Waals surface area (Å²) in [4.78, 5) is 11.0. The van der Waals surface area contributed by atoms with E-state index in [1.54, 1.807) is 0 Å². The summed E-state index contributed by atoms with van der Waals surface area (Å²) in [6, 6.07) is 5.03. The average molecular weight is 287 g/mol. The number of piperidine rings is 1. The Morgan fingerprint density at radius 2 is 1.95 bits per heavy atom. The second-order valence-corrected chi connectivity index (χ2v) is 5.11. The van der Waals surface area contributed by atoms with Crippen LogP contribution in [0.25, 0.3) is 0 Å². The molecule has 3 nitrogen and oxygen atoms in total. The zero-order chi connectivity index (χ0) is 14.8. The van der Waals surface area contributed by atoms with Crippen molar-refractivity contribution in [3.05, 3.63) is 35.4 Å². The molecule has 1 fully saturated rings. The van der Waals surface area contributed by atoms with Crippen LogP contribution < -0.4 is 5.32 Å². The summed E-state index contributed by atoms with van der Waals surface area (Å²) < 4.78 is 37.3. The molecule has 20 heavy (non-hydrogen) atoms. The van der Waals surface area contributed by atoms with Crippen LogP contribution >= 0.6 is 0 Å². The van der Waals surface area contributed by atoms with Gasteiger partial charge in [-0.1, -0.05) is 12.1 Å². The van der Waals surface area contributed by atoms with Crippen molar-refractivity contribution in [1.82, 2.24) is 5.32 Å². The molecular formula is C14H16F3NO2. The second-order valence-electron chi connectivity index (χ2n) is 5.11. The molecular weight excluding hydrogens is 271 g/mol. The van der Waals surface area contributed by atoms with Gasteiger partial charge in [0.2, 0.25) is 0 Å². The van der Waals surface area contributed by atoms with E-state index in [2.05, 4.69) is 5.32 Å². The normalized spacial score (nSPS) is 23.6. The lowest BCUT2D eigenvalue weighted by molar-refractivity contribution is -0.143. The van der Waals surface area contributed by atoms with E-state index >= 15 is 0 Å². The summed E-state index contributed by atoms with van der Waals surface area (Å²) in [6.45, 7) is 0.627. The van der Waals surface area contributed by atoms with Crippen LogP contribution in [0.5, 0.6) is 0 Å². The smallest absolute Gasteiger partial charge is 0.416 e. The first-order chi connectivity index (χ1) is 9.36. The van der Waals surface area contributed by atoms with E-state index in [1.807, 2.05) is 0 Å². The van der Waals surface area contributed by atoms with E-state index in [4.69, 9.17) is 5.11 Å². The van der Waals surface area contributed by atoms with E-state index < -0.39 is 17.7 Å². The zero-order valence-corrected chi connectivity index (χ0v) is 10.8. The molecule has 0 spiro atoms. The molecule has 6 heteroatoms. The van der Waals surface area contributed by atoms with E-state index in [0.29, 0.717) is 25.8 Å². The summed E-state index contributed by atoms with van der Waals surface area (Å²) in [5.41, 5.74) is 0.114. The number of halogens is 3. The minimum atomic E-state index is -4.32. The lowest BCUT2D eigenvalue weighted by Crippen LogP contribution is -2.41. The van der Waals surface area contributed by atoms with Crippen molar-refractivity contribution >= 4 is 5.97 Å². The van der Waals surface area contributed by atoms with Gasteiger partial charge in [-0.05, 0) is 43.5 Å². The van der Waals surface area contributed by atoms with Crippen molar-refractivity contribution in [2.24, 2.45) is 5.92 Å². The van der Waals surface area contributed by atoms with Gasteiger partial charge in [-0.15, -0.1) is 0 Å². The van der Waals surface area contributed by atoms with Gasteiger partial charge >= 0.3 is 12.1 Å². The SMILES string of the molecule is O=C(O)C1CCNC(Cc2ccc(C(F)(F)F)cc2)C1.